The smallest absolute Gasteiger partial charge is 0.162 e. The fourth-order valence-corrected chi connectivity index (χ4v) is 18.7. The number of allylic oxidation sites excluding steroid dienone is 2. The van der Waals surface area contributed by atoms with Gasteiger partial charge in [-0.05, 0) is 103 Å². The minimum absolute atomic E-state index is 0. The molecule has 0 aliphatic heterocycles. The molecule has 0 saturated heterocycles. The number of benzene rings is 2. The summed E-state index contributed by atoms with van der Waals surface area (Å²) in [5.41, 5.74) is 8.15. The molecule has 1 radical (unpaired) electrons. The van der Waals surface area contributed by atoms with Gasteiger partial charge in [-0.15, -0.1) is 23.6 Å². The number of aliphatic hydroxyl groups is 1. The Kier molecular flexibility index (Phi) is 18.6. The zero-order chi connectivity index (χ0) is 41.3. The topological polar surface area (TPSA) is 63.1 Å². The van der Waals surface area contributed by atoms with Gasteiger partial charge in [0.2, 0.25) is 0 Å². The number of carbonyl (C=O) groups excluding carboxylic acids is 1. The third-order valence-corrected chi connectivity index (χ3v) is 20.1. The molecule has 7 heteroatoms. The molecule has 0 fully saturated rings. The van der Waals surface area contributed by atoms with E-state index < -0.39 is 8.07 Å². The number of ketones is 1. The quantitative estimate of drug-likeness (QED) is 0.0463. The van der Waals surface area contributed by atoms with E-state index in [1.807, 2.05) is 33.9 Å². The van der Waals surface area contributed by atoms with E-state index in [9.17, 15) is 9.90 Å². The van der Waals surface area contributed by atoms with Crippen LogP contribution in [-0.4, -0.2) is 28.9 Å². The van der Waals surface area contributed by atoms with Crippen molar-refractivity contribution in [1.29, 1.82) is 0 Å². The molecule has 0 aliphatic rings. The van der Waals surface area contributed by atoms with Crippen LogP contribution < -0.4 is 4.50 Å². The molecule has 5 rings (SSSR count). The zero-order valence-electron chi connectivity index (χ0n) is 37.1. The fraction of sp³-hybridized carbons (Fsp3) is 0.500. The van der Waals surface area contributed by atoms with E-state index in [4.69, 9.17) is 4.98 Å². The molecule has 3 aromatic heterocycles. The predicted molar refractivity (Wildman–Crippen MR) is 247 cm³/mol. The fourth-order valence-electron chi connectivity index (χ4n) is 9.08. The van der Waals surface area contributed by atoms with Crippen molar-refractivity contribution in [3.8, 4) is 22.4 Å². The number of aliphatic hydroxyl groups excluding tert-OH is 1. The van der Waals surface area contributed by atoms with Gasteiger partial charge in [0.05, 0.1) is 5.76 Å². The average molecular weight is 982 g/mol. The first-order chi connectivity index (χ1) is 26.6. The van der Waals surface area contributed by atoms with Crippen LogP contribution in [0.3, 0.4) is 0 Å². The summed E-state index contributed by atoms with van der Waals surface area (Å²) in [7, 11) is -1.76. The second-order valence-corrected chi connectivity index (χ2v) is 23.1. The number of aromatic nitrogens is 2. The Bertz CT molecular complexity index is 2060. The number of aryl methyl sites for hydroxylation is 3. The van der Waals surface area contributed by atoms with Crippen LogP contribution in [0.5, 0.6) is 0 Å². The molecule has 57 heavy (non-hydrogen) atoms. The third kappa shape index (κ3) is 12.1. The van der Waals surface area contributed by atoms with Crippen molar-refractivity contribution in [2.24, 2.45) is 29.6 Å². The van der Waals surface area contributed by atoms with Crippen LogP contribution in [0.25, 0.3) is 43.2 Å². The van der Waals surface area contributed by atoms with Gasteiger partial charge in [-0.25, -0.2) is 0 Å². The molecule has 0 bridgehead atoms. The van der Waals surface area contributed by atoms with Crippen LogP contribution in [0.4, 0.5) is 0 Å². The summed E-state index contributed by atoms with van der Waals surface area (Å²) in [6, 6.07) is 25.4. The van der Waals surface area contributed by atoms with Gasteiger partial charge in [-0.2, -0.15) is 11.3 Å². The molecule has 0 aliphatic carbocycles. The first-order valence-corrected chi connectivity index (χ1v) is 24.7. The predicted octanol–water partition coefficient (Wildman–Crippen LogP) is 14.4. The van der Waals surface area contributed by atoms with Crippen molar-refractivity contribution in [2.75, 3.05) is 0 Å². The maximum atomic E-state index is 11.7. The Labute approximate surface area is 363 Å². The molecule has 2 aromatic carbocycles. The Morgan fingerprint density at radius 2 is 1.33 bits per heavy atom. The van der Waals surface area contributed by atoms with Gasteiger partial charge in [0.15, 0.2) is 5.78 Å². The van der Waals surface area contributed by atoms with E-state index in [1.165, 1.54) is 56.4 Å². The average Bonchev–Trinajstić information content (AvgIpc) is 3.48. The van der Waals surface area contributed by atoms with Crippen LogP contribution in [-0.2, 0) is 24.9 Å². The van der Waals surface area contributed by atoms with E-state index in [0.717, 1.165) is 53.7 Å². The monoisotopic (exact) mass is 982 g/mol. The Balaban J connectivity index is 0.000000464. The number of carbonyl (C=O) groups is 1. The normalized spacial score (nSPS) is 12.3. The number of hydrogen-bond donors (Lipinski definition) is 1. The molecule has 0 amide bonds. The van der Waals surface area contributed by atoms with Gasteiger partial charge in [-0.3, -0.25) is 14.8 Å². The number of hydrogen-bond acceptors (Lipinski definition) is 5. The Morgan fingerprint density at radius 1 is 0.789 bits per heavy atom. The number of rotatable bonds is 16. The van der Waals surface area contributed by atoms with Gasteiger partial charge in [0.1, 0.15) is 8.07 Å². The summed E-state index contributed by atoms with van der Waals surface area (Å²) in [6.07, 6.45) is 6.92. The van der Waals surface area contributed by atoms with E-state index in [2.05, 4.69) is 133 Å². The number of nitrogens with zero attached hydrogens (tertiary/aromatic N) is 2. The molecule has 0 spiro atoms. The minimum atomic E-state index is -1.76. The standard InChI is InChI=1S/C37H45N2SSi.C13H24O2.Ir/c1-23(2)20-41(21-24(3)4,22-25(5)6)37-28(9)32-14-15-38-35(36(32)40-37)31-18-29-12-10-11-13-33(29)34(19-31)30-16-26(7)39-27(8)17-30;1-5-10(6-2)12(14)9-13(15)11(7-3)8-4;/h10-17,19,23-25H,20-22H2,1-9H3;9-11,14H,5-8H2,1-4H3;/q-1;;/b;12-9-;. The van der Waals surface area contributed by atoms with Crippen LogP contribution >= 0.6 is 11.3 Å². The number of thiophene rings is 1. The molecule has 0 atom stereocenters. The second-order valence-electron chi connectivity index (χ2n) is 17.4. The van der Waals surface area contributed by atoms with Gasteiger partial charge in [-0.1, -0.05) is 122 Å². The molecule has 5 aromatic rings. The van der Waals surface area contributed by atoms with Gasteiger partial charge in [0.25, 0.3) is 0 Å². The molecular weight excluding hydrogens is 913 g/mol. The van der Waals surface area contributed by atoms with E-state index in [1.54, 1.807) is 4.50 Å². The molecule has 1 N–H and O–H groups in total. The van der Waals surface area contributed by atoms with Crippen molar-refractivity contribution >= 4 is 50.6 Å². The summed E-state index contributed by atoms with van der Waals surface area (Å²) in [5.74, 6) is 2.64. The zero-order valence-corrected chi connectivity index (χ0v) is 41.3. The summed E-state index contributed by atoms with van der Waals surface area (Å²) in [6.45, 7) is 29.2. The van der Waals surface area contributed by atoms with E-state index >= 15 is 0 Å². The molecule has 0 saturated carbocycles. The molecule has 4 nitrogen and oxygen atoms in total. The van der Waals surface area contributed by atoms with Crippen molar-refractivity contribution in [1.82, 2.24) is 9.97 Å². The molecule has 3 heterocycles. The maximum Gasteiger partial charge on any atom is 0.162 e. The SMILES string of the molecule is CCC(CC)C(=O)/C=C(\O)C(CC)CC.Cc1cc(-c2cc(-c3nccc4c(C)c([Si](CC(C)C)(CC(C)C)CC(C)C)sc34)[c-]c3ccccc23)cc(C)n1.[Ir]. The second kappa shape index (κ2) is 21.9. The summed E-state index contributed by atoms with van der Waals surface area (Å²) < 4.78 is 3.03. The van der Waals surface area contributed by atoms with Crippen LogP contribution in [0.2, 0.25) is 18.1 Å². The van der Waals surface area contributed by atoms with Gasteiger partial charge >= 0.3 is 0 Å². The van der Waals surface area contributed by atoms with Gasteiger partial charge in [0, 0.05) is 66.0 Å². The van der Waals surface area contributed by atoms with Gasteiger partial charge < -0.3 is 5.11 Å². The maximum absolute atomic E-state index is 11.7. The Morgan fingerprint density at radius 3 is 1.86 bits per heavy atom. The van der Waals surface area contributed by atoms with E-state index in [-0.39, 0.29) is 43.5 Å². The summed E-state index contributed by atoms with van der Waals surface area (Å²) in [4.78, 5) is 21.4. The van der Waals surface area contributed by atoms with Crippen molar-refractivity contribution in [3.63, 3.8) is 0 Å². The van der Waals surface area contributed by atoms with Crippen molar-refractivity contribution in [3.05, 3.63) is 89.6 Å². The summed E-state index contributed by atoms with van der Waals surface area (Å²) in [5, 5.41) is 13.5. The largest absolute Gasteiger partial charge is 0.512 e. The number of pyridine rings is 2. The van der Waals surface area contributed by atoms with Crippen molar-refractivity contribution < 1.29 is 30.0 Å². The number of fused-ring (bicyclic) bond motifs is 2. The first kappa shape index (κ1) is 48.4. The summed E-state index contributed by atoms with van der Waals surface area (Å²) >= 11 is 2.06. The molecular formula is C50H69IrN2O2SSi-. The van der Waals surface area contributed by atoms with Crippen LogP contribution in [0.1, 0.15) is 112 Å². The van der Waals surface area contributed by atoms with Crippen LogP contribution in [0, 0.1) is 56.4 Å². The molecule has 311 valence electrons. The first-order valence-electron chi connectivity index (χ1n) is 21.3. The minimum Gasteiger partial charge on any atom is -0.512 e. The third-order valence-electron chi connectivity index (χ3n) is 11.2. The molecule has 0 unspecified atom stereocenters. The Hall–Kier alpha value is -2.96. The van der Waals surface area contributed by atoms with Crippen LogP contribution in [0.15, 0.2) is 66.6 Å². The van der Waals surface area contributed by atoms with Crippen molar-refractivity contribution in [2.45, 2.75) is 134 Å². The van der Waals surface area contributed by atoms with E-state index in [0.29, 0.717) is 17.8 Å².